The highest BCUT2D eigenvalue weighted by molar-refractivity contribution is 5.85. The lowest BCUT2D eigenvalue weighted by atomic mass is 9.93. The topological polar surface area (TPSA) is 8.17 Å². The fourth-order valence-corrected chi connectivity index (χ4v) is 3.07. The van der Waals surface area contributed by atoms with Gasteiger partial charge in [0.15, 0.2) is 11.6 Å². The van der Waals surface area contributed by atoms with Crippen molar-refractivity contribution < 1.29 is 8.78 Å². The van der Waals surface area contributed by atoms with Crippen LogP contribution in [0.25, 0.3) is 10.9 Å². The number of halogens is 2. The summed E-state index contributed by atoms with van der Waals surface area (Å²) in [7, 11) is 4.04. The fraction of sp³-hybridized carbons (Fsp3) is 0.429. The molecule has 3 rings (SSSR count). The van der Waals surface area contributed by atoms with Crippen LogP contribution in [0.15, 0.2) is 18.3 Å². The van der Waals surface area contributed by atoms with E-state index in [0.717, 1.165) is 17.5 Å². The minimum atomic E-state index is -0.748. The van der Waals surface area contributed by atoms with Gasteiger partial charge in [-0.3, -0.25) is 0 Å². The normalized spacial score (nSPS) is 23.0. The van der Waals surface area contributed by atoms with Gasteiger partial charge >= 0.3 is 0 Å². The summed E-state index contributed by atoms with van der Waals surface area (Å²) in [4.78, 5) is 2.14. The second kappa shape index (κ2) is 3.79. The summed E-state index contributed by atoms with van der Waals surface area (Å²) in [5.74, 6) is -1.48. The number of benzene rings is 1. The lowest BCUT2D eigenvalue weighted by Gasteiger charge is -2.36. The van der Waals surface area contributed by atoms with E-state index in [1.54, 1.807) is 6.07 Å². The first-order valence-corrected chi connectivity index (χ1v) is 6.14. The highest BCUT2D eigenvalue weighted by Gasteiger charge is 2.30. The maximum atomic E-state index is 13.7. The standard InChI is InChI=1S/C14H16F2N2/c1-8-12(17(2)3)7-9-6-11(15)13(16)10-4-5-18(8)14(9)10/h4-6,8,12H,7H2,1-3H3/t8-,12+/m1/s1. The molecule has 1 aromatic carbocycles. The van der Waals surface area contributed by atoms with Crippen LogP contribution in [-0.2, 0) is 6.42 Å². The smallest absolute Gasteiger partial charge is 0.168 e. The van der Waals surface area contributed by atoms with Crippen LogP contribution in [0.3, 0.4) is 0 Å². The minimum Gasteiger partial charge on any atom is -0.343 e. The lowest BCUT2D eigenvalue weighted by Crippen LogP contribution is -2.39. The van der Waals surface area contributed by atoms with Gasteiger partial charge in [0.2, 0.25) is 0 Å². The summed E-state index contributed by atoms with van der Waals surface area (Å²) < 4.78 is 29.3. The first-order chi connectivity index (χ1) is 8.50. The Morgan fingerprint density at radius 2 is 2.06 bits per heavy atom. The lowest BCUT2D eigenvalue weighted by molar-refractivity contribution is 0.216. The fourth-order valence-electron chi connectivity index (χ4n) is 3.07. The van der Waals surface area contributed by atoms with E-state index in [4.69, 9.17) is 0 Å². The molecule has 4 heteroatoms. The van der Waals surface area contributed by atoms with E-state index in [2.05, 4.69) is 16.4 Å². The van der Waals surface area contributed by atoms with Gasteiger partial charge in [-0.25, -0.2) is 8.78 Å². The number of aromatic nitrogens is 1. The molecule has 0 spiro atoms. The van der Waals surface area contributed by atoms with Crippen LogP contribution in [0, 0.1) is 11.6 Å². The molecule has 96 valence electrons. The van der Waals surface area contributed by atoms with Gasteiger partial charge in [-0.05, 0) is 45.1 Å². The van der Waals surface area contributed by atoms with Crippen LogP contribution < -0.4 is 0 Å². The van der Waals surface area contributed by atoms with Crippen LogP contribution in [-0.4, -0.2) is 29.6 Å². The van der Waals surface area contributed by atoms with E-state index in [-0.39, 0.29) is 6.04 Å². The van der Waals surface area contributed by atoms with Crippen molar-refractivity contribution in [1.82, 2.24) is 9.47 Å². The van der Waals surface area contributed by atoms with Crippen molar-refractivity contribution in [2.75, 3.05) is 14.1 Å². The summed E-state index contributed by atoms with van der Waals surface area (Å²) in [5, 5.41) is 0.397. The van der Waals surface area contributed by atoms with Crippen molar-refractivity contribution in [3.05, 3.63) is 35.5 Å². The Kier molecular flexibility index (Phi) is 2.45. The molecule has 0 fully saturated rings. The zero-order chi connectivity index (χ0) is 13.0. The molecule has 2 aromatic rings. The van der Waals surface area contributed by atoms with E-state index in [1.165, 1.54) is 6.07 Å². The SMILES string of the molecule is C[C@@H]1[C@@H](N(C)C)Cc2cc(F)c(F)c3ccn1c23. The van der Waals surface area contributed by atoms with Gasteiger partial charge in [0, 0.05) is 23.7 Å². The summed E-state index contributed by atoms with van der Waals surface area (Å²) in [5.41, 5.74) is 1.74. The Labute approximate surface area is 105 Å². The molecule has 0 unspecified atom stereocenters. The zero-order valence-electron chi connectivity index (χ0n) is 10.7. The molecule has 0 saturated heterocycles. The molecule has 1 aliphatic heterocycles. The van der Waals surface area contributed by atoms with E-state index in [0.29, 0.717) is 11.4 Å². The van der Waals surface area contributed by atoms with Crippen LogP contribution in [0.1, 0.15) is 18.5 Å². The summed E-state index contributed by atoms with van der Waals surface area (Å²) in [6, 6.07) is 3.58. The quantitative estimate of drug-likeness (QED) is 0.755. The summed E-state index contributed by atoms with van der Waals surface area (Å²) >= 11 is 0. The third-order valence-corrected chi connectivity index (χ3v) is 4.05. The first-order valence-electron chi connectivity index (χ1n) is 6.14. The first kappa shape index (κ1) is 11.7. The molecule has 1 aromatic heterocycles. The van der Waals surface area contributed by atoms with Gasteiger partial charge < -0.3 is 9.47 Å². The Morgan fingerprint density at radius 1 is 1.33 bits per heavy atom. The molecule has 0 radical (unpaired) electrons. The summed E-state index contributed by atoms with van der Waals surface area (Å²) in [6.07, 6.45) is 2.61. The van der Waals surface area contributed by atoms with Crippen molar-refractivity contribution >= 4 is 10.9 Å². The van der Waals surface area contributed by atoms with E-state index < -0.39 is 11.6 Å². The molecule has 0 amide bonds. The average Bonchev–Trinajstić information content (AvgIpc) is 2.75. The van der Waals surface area contributed by atoms with Crippen molar-refractivity contribution in [2.24, 2.45) is 0 Å². The van der Waals surface area contributed by atoms with Gasteiger partial charge in [-0.2, -0.15) is 0 Å². The number of hydrogen-bond acceptors (Lipinski definition) is 1. The number of likely N-dealkylation sites (N-methyl/N-ethyl adjacent to an activating group) is 1. The molecule has 2 heterocycles. The molecular weight excluding hydrogens is 234 g/mol. The van der Waals surface area contributed by atoms with Crippen LogP contribution in [0.5, 0.6) is 0 Å². The highest BCUT2D eigenvalue weighted by Crippen LogP contribution is 2.35. The Bertz CT molecular complexity index is 616. The summed E-state index contributed by atoms with van der Waals surface area (Å²) in [6.45, 7) is 2.12. The maximum Gasteiger partial charge on any atom is 0.168 e. The largest absolute Gasteiger partial charge is 0.343 e. The van der Waals surface area contributed by atoms with Gasteiger partial charge in [-0.1, -0.05) is 0 Å². The Balaban J connectivity index is 2.28. The van der Waals surface area contributed by atoms with Gasteiger partial charge in [0.05, 0.1) is 5.52 Å². The van der Waals surface area contributed by atoms with Crippen molar-refractivity contribution in [3.63, 3.8) is 0 Å². The minimum absolute atomic E-state index is 0.259. The van der Waals surface area contributed by atoms with Crippen LogP contribution in [0.4, 0.5) is 8.78 Å². The molecule has 0 N–H and O–H groups in total. The number of rotatable bonds is 1. The predicted octanol–water partition coefficient (Wildman–Crippen LogP) is 2.97. The zero-order valence-corrected chi connectivity index (χ0v) is 10.7. The van der Waals surface area contributed by atoms with Crippen molar-refractivity contribution in [3.8, 4) is 0 Å². The monoisotopic (exact) mass is 250 g/mol. The van der Waals surface area contributed by atoms with Gasteiger partial charge in [-0.15, -0.1) is 0 Å². The second-order valence-corrected chi connectivity index (χ2v) is 5.29. The average molecular weight is 250 g/mol. The van der Waals surface area contributed by atoms with Crippen LogP contribution in [0.2, 0.25) is 0 Å². The molecule has 18 heavy (non-hydrogen) atoms. The number of hydrogen-bond donors (Lipinski definition) is 0. The Hall–Kier alpha value is -1.42. The van der Waals surface area contributed by atoms with Crippen molar-refractivity contribution in [1.29, 1.82) is 0 Å². The molecule has 0 aliphatic carbocycles. The predicted molar refractivity (Wildman–Crippen MR) is 67.7 cm³/mol. The third kappa shape index (κ3) is 1.42. The second-order valence-electron chi connectivity index (χ2n) is 5.29. The van der Waals surface area contributed by atoms with Gasteiger partial charge in [0.25, 0.3) is 0 Å². The Morgan fingerprint density at radius 3 is 2.72 bits per heavy atom. The van der Waals surface area contributed by atoms with Crippen molar-refractivity contribution in [2.45, 2.75) is 25.4 Å². The third-order valence-electron chi connectivity index (χ3n) is 4.05. The van der Waals surface area contributed by atoms with E-state index in [1.807, 2.05) is 20.3 Å². The van der Waals surface area contributed by atoms with E-state index >= 15 is 0 Å². The number of nitrogens with zero attached hydrogens (tertiary/aromatic N) is 2. The van der Waals surface area contributed by atoms with Gasteiger partial charge in [0.1, 0.15) is 0 Å². The molecule has 0 saturated carbocycles. The molecule has 1 aliphatic rings. The molecular formula is C14H16F2N2. The maximum absolute atomic E-state index is 13.7. The molecule has 0 bridgehead atoms. The van der Waals surface area contributed by atoms with E-state index in [9.17, 15) is 8.78 Å². The molecule has 2 atom stereocenters. The highest BCUT2D eigenvalue weighted by atomic mass is 19.2. The molecule has 2 nitrogen and oxygen atoms in total. The van der Waals surface area contributed by atoms with Crippen LogP contribution >= 0.6 is 0 Å².